The van der Waals surface area contributed by atoms with E-state index in [2.05, 4.69) is 20.0 Å². The van der Waals surface area contributed by atoms with Gasteiger partial charge >= 0.3 is 5.97 Å². The molecule has 10 nitrogen and oxygen atoms in total. The van der Waals surface area contributed by atoms with Gasteiger partial charge in [-0.05, 0) is 54.1 Å². The highest BCUT2D eigenvalue weighted by molar-refractivity contribution is 7.18. The van der Waals surface area contributed by atoms with Crippen molar-refractivity contribution in [3.63, 3.8) is 0 Å². The van der Waals surface area contributed by atoms with Crippen LogP contribution in [-0.2, 0) is 32.0 Å². The molecule has 1 fully saturated rings. The highest BCUT2D eigenvalue weighted by atomic mass is 32.1. The number of benzene rings is 3. The first-order valence-corrected chi connectivity index (χ1v) is 15.0. The van der Waals surface area contributed by atoms with Crippen molar-refractivity contribution in [2.45, 2.75) is 25.2 Å². The lowest BCUT2D eigenvalue weighted by Gasteiger charge is -2.23. The lowest BCUT2D eigenvalue weighted by Crippen LogP contribution is -2.36. The standard InChI is InChI=1S/C31H23FN4O6S2/c1-41-30(40)22-16-43-31(34-22)35-28(38)26-27(42-26)29(39)36(15-17-6-10-19(32)11-7-17)20-12-8-18(9-13-20)23(37)14-25-33-21-4-2-3-5-24(21)44-25/h2-13,16,26-27H,14-15H2,1H3,(H,34,35,38)/t26-,27-/m0/s1. The molecule has 1 saturated heterocycles. The second-order valence-corrected chi connectivity index (χ2v) is 11.7. The summed E-state index contributed by atoms with van der Waals surface area (Å²) >= 11 is 2.50. The molecule has 0 saturated carbocycles. The average Bonchev–Trinajstić information content (AvgIpc) is 3.53. The third kappa shape index (κ3) is 6.39. The summed E-state index contributed by atoms with van der Waals surface area (Å²) < 4.78 is 24.6. The third-order valence-corrected chi connectivity index (χ3v) is 8.59. The van der Waals surface area contributed by atoms with Crippen molar-refractivity contribution in [3.8, 4) is 0 Å². The quantitative estimate of drug-likeness (QED) is 0.129. The lowest BCUT2D eigenvalue weighted by molar-refractivity contribution is -0.120. The molecule has 5 aromatic rings. The van der Waals surface area contributed by atoms with E-state index in [0.717, 1.165) is 21.6 Å². The van der Waals surface area contributed by atoms with Crippen molar-refractivity contribution in [1.29, 1.82) is 0 Å². The molecule has 3 aromatic carbocycles. The molecular formula is C31H23FN4O6S2. The number of carbonyl (C=O) groups is 4. The van der Waals surface area contributed by atoms with Crippen molar-refractivity contribution in [2.24, 2.45) is 0 Å². The Kier molecular flexibility index (Phi) is 8.24. The number of aromatic nitrogens is 2. The number of halogens is 1. The molecule has 6 rings (SSSR count). The van der Waals surface area contributed by atoms with E-state index in [9.17, 15) is 23.6 Å². The van der Waals surface area contributed by atoms with Gasteiger partial charge in [-0.3, -0.25) is 19.7 Å². The van der Waals surface area contributed by atoms with Crippen LogP contribution in [0, 0.1) is 5.82 Å². The molecule has 13 heteroatoms. The second-order valence-electron chi connectivity index (χ2n) is 9.77. The molecule has 1 aliphatic rings. The molecule has 3 heterocycles. The highest BCUT2D eigenvalue weighted by Gasteiger charge is 2.52. The number of Topliss-reactive ketones (excluding diaryl/α,β-unsaturated/α-hetero) is 1. The Morgan fingerprint density at radius 3 is 2.45 bits per heavy atom. The first kappa shape index (κ1) is 29.2. The van der Waals surface area contributed by atoms with Crippen LogP contribution >= 0.6 is 22.7 Å². The van der Waals surface area contributed by atoms with Gasteiger partial charge in [0.25, 0.3) is 11.8 Å². The number of ketones is 1. The van der Waals surface area contributed by atoms with Gasteiger partial charge in [-0.25, -0.2) is 19.2 Å². The highest BCUT2D eigenvalue weighted by Crippen LogP contribution is 2.30. The van der Waals surface area contributed by atoms with E-state index in [-0.39, 0.29) is 29.6 Å². The number of nitrogens with zero attached hydrogens (tertiary/aromatic N) is 3. The van der Waals surface area contributed by atoms with Crippen molar-refractivity contribution in [1.82, 2.24) is 9.97 Å². The van der Waals surface area contributed by atoms with E-state index in [1.54, 1.807) is 36.4 Å². The molecule has 0 unspecified atom stereocenters. The van der Waals surface area contributed by atoms with Crippen LogP contribution in [0.2, 0.25) is 0 Å². The zero-order valence-corrected chi connectivity index (χ0v) is 24.7. The van der Waals surface area contributed by atoms with Crippen LogP contribution in [0.25, 0.3) is 10.2 Å². The summed E-state index contributed by atoms with van der Waals surface area (Å²) in [6, 6.07) is 20.0. The second kappa shape index (κ2) is 12.4. The number of anilines is 2. The number of thiazole rings is 2. The molecule has 1 aliphatic heterocycles. The van der Waals surface area contributed by atoms with Crippen molar-refractivity contribution in [2.75, 3.05) is 17.3 Å². The molecule has 0 radical (unpaired) electrons. The molecule has 0 aliphatic carbocycles. The van der Waals surface area contributed by atoms with E-state index < -0.39 is 35.8 Å². The van der Waals surface area contributed by atoms with Crippen LogP contribution in [0.1, 0.15) is 31.4 Å². The van der Waals surface area contributed by atoms with Crippen molar-refractivity contribution in [3.05, 3.63) is 106 Å². The Labute approximate surface area is 258 Å². The van der Waals surface area contributed by atoms with Crippen LogP contribution in [0.15, 0.2) is 78.2 Å². The predicted molar refractivity (Wildman–Crippen MR) is 162 cm³/mol. The van der Waals surface area contributed by atoms with Crippen molar-refractivity contribution < 1.29 is 33.0 Å². The van der Waals surface area contributed by atoms with E-state index in [0.29, 0.717) is 21.8 Å². The summed E-state index contributed by atoms with van der Waals surface area (Å²) in [5.41, 5.74) is 2.46. The Hall–Kier alpha value is -4.85. The van der Waals surface area contributed by atoms with Gasteiger partial charge in [0.15, 0.2) is 28.8 Å². The number of esters is 1. The summed E-state index contributed by atoms with van der Waals surface area (Å²) in [5.74, 6) is -2.25. The van der Waals surface area contributed by atoms with E-state index in [4.69, 9.17) is 4.74 Å². The van der Waals surface area contributed by atoms with Gasteiger partial charge in [0.1, 0.15) is 10.8 Å². The summed E-state index contributed by atoms with van der Waals surface area (Å²) in [7, 11) is 1.22. The van der Waals surface area contributed by atoms with Gasteiger partial charge < -0.3 is 14.4 Å². The van der Waals surface area contributed by atoms with Crippen LogP contribution in [0.5, 0.6) is 0 Å². The number of ether oxygens (including phenoxy) is 2. The number of epoxide rings is 1. The fourth-order valence-corrected chi connectivity index (χ4v) is 6.14. The zero-order valence-electron chi connectivity index (χ0n) is 23.1. The molecule has 1 N–H and O–H groups in total. The fraction of sp³-hybridized carbons (Fsp3) is 0.161. The minimum absolute atomic E-state index is 0.0459. The van der Waals surface area contributed by atoms with Crippen LogP contribution in [-0.4, -0.2) is 52.9 Å². The summed E-state index contributed by atoms with van der Waals surface area (Å²) in [6.45, 7) is 0.0707. The van der Waals surface area contributed by atoms with Gasteiger partial charge in [-0.15, -0.1) is 22.7 Å². The number of hydrogen-bond acceptors (Lipinski definition) is 10. The molecule has 2 amide bonds. The number of fused-ring (bicyclic) bond motifs is 1. The van der Waals surface area contributed by atoms with Crippen LogP contribution in [0.4, 0.5) is 15.2 Å². The Morgan fingerprint density at radius 1 is 0.977 bits per heavy atom. The topological polar surface area (TPSA) is 131 Å². The summed E-state index contributed by atoms with van der Waals surface area (Å²) in [4.78, 5) is 61.0. The first-order valence-electron chi connectivity index (χ1n) is 13.3. The first-order chi connectivity index (χ1) is 21.3. The van der Waals surface area contributed by atoms with Gasteiger partial charge in [0, 0.05) is 16.6 Å². The molecular weight excluding hydrogens is 607 g/mol. The minimum Gasteiger partial charge on any atom is -0.464 e. The predicted octanol–water partition coefficient (Wildman–Crippen LogP) is 5.04. The Balaban J connectivity index is 1.16. The van der Waals surface area contributed by atoms with Crippen molar-refractivity contribution >= 4 is 67.3 Å². The van der Waals surface area contributed by atoms with Gasteiger partial charge in [0.05, 0.1) is 30.3 Å². The number of nitrogens with one attached hydrogen (secondary N) is 1. The van der Waals surface area contributed by atoms with E-state index >= 15 is 0 Å². The third-order valence-electron chi connectivity index (χ3n) is 6.79. The number of methoxy groups -OCH3 is 1. The number of hydrogen-bond donors (Lipinski definition) is 1. The molecule has 0 bridgehead atoms. The average molecular weight is 631 g/mol. The van der Waals surface area contributed by atoms with Gasteiger partial charge in [-0.1, -0.05) is 24.3 Å². The SMILES string of the molecule is COC(=O)c1csc(NC(=O)[C@H]2O[C@@H]2C(=O)N(Cc2ccc(F)cc2)c2ccc(C(=O)Cc3nc4ccccc4s3)cc2)n1. The van der Waals surface area contributed by atoms with E-state index in [1.165, 1.54) is 40.9 Å². The number of carbonyl (C=O) groups excluding carboxylic acids is 4. The monoisotopic (exact) mass is 630 g/mol. The van der Waals surface area contributed by atoms with Crippen LogP contribution in [0.3, 0.4) is 0 Å². The lowest BCUT2D eigenvalue weighted by atomic mass is 10.1. The molecule has 2 aromatic heterocycles. The zero-order chi connectivity index (χ0) is 30.8. The van der Waals surface area contributed by atoms with Gasteiger partial charge in [0.2, 0.25) is 0 Å². The summed E-state index contributed by atoms with van der Waals surface area (Å²) in [6.07, 6.45) is -2.00. The number of rotatable bonds is 10. The molecule has 222 valence electrons. The smallest absolute Gasteiger partial charge is 0.357 e. The molecule has 44 heavy (non-hydrogen) atoms. The van der Waals surface area contributed by atoms with E-state index in [1.807, 2.05) is 24.3 Å². The van der Waals surface area contributed by atoms with Crippen LogP contribution < -0.4 is 10.2 Å². The maximum absolute atomic E-state index is 13.6. The fourth-order valence-electron chi connectivity index (χ4n) is 4.49. The largest absolute Gasteiger partial charge is 0.464 e. The maximum Gasteiger partial charge on any atom is 0.357 e. The number of amides is 2. The Bertz CT molecular complexity index is 1840. The summed E-state index contributed by atoms with van der Waals surface area (Å²) in [5, 5.41) is 4.86. The maximum atomic E-state index is 13.6. The molecule has 2 atom stereocenters. The Morgan fingerprint density at radius 2 is 1.73 bits per heavy atom. The molecule has 0 spiro atoms. The normalized spacial score (nSPS) is 15.5. The van der Waals surface area contributed by atoms with Gasteiger partial charge in [-0.2, -0.15) is 0 Å². The minimum atomic E-state index is -1.07. The number of para-hydroxylation sites is 1.